The molecule has 9 heteroatoms. The zero-order valence-electron chi connectivity index (χ0n) is 12.2. The van der Waals surface area contributed by atoms with E-state index in [2.05, 4.69) is 20.8 Å². The first-order valence-electron chi connectivity index (χ1n) is 6.77. The van der Waals surface area contributed by atoms with Gasteiger partial charge in [0.15, 0.2) is 0 Å². The molecule has 0 saturated carbocycles. The van der Waals surface area contributed by atoms with Gasteiger partial charge in [-0.2, -0.15) is 0 Å². The first-order valence-corrected chi connectivity index (χ1v) is 8.40. The number of amides is 2. The Labute approximate surface area is 147 Å². The van der Waals surface area contributed by atoms with E-state index in [-0.39, 0.29) is 11.8 Å². The average Bonchev–Trinajstić information content (AvgIpc) is 2.95. The topological polar surface area (TPSA) is 84.0 Å². The van der Waals surface area contributed by atoms with E-state index in [1.54, 1.807) is 31.2 Å². The van der Waals surface area contributed by atoms with Crippen LogP contribution in [0, 0.1) is 0 Å². The number of nitrogens with zero attached hydrogens (tertiary/aromatic N) is 2. The maximum Gasteiger partial charge on any atom is 0.252 e. The van der Waals surface area contributed by atoms with Crippen molar-refractivity contribution in [3.63, 3.8) is 0 Å². The summed E-state index contributed by atoms with van der Waals surface area (Å²) in [6.07, 6.45) is 0.500. The van der Waals surface area contributed by atoms with Gasteiger partial charge < -0.3 is 5.32 Å². The largest absolute Gasteiger partial charge is 0.352 e. The van der Waals surface area contributed by atoms with Crippen LogP contribution in [0.4, 0.5) is 5.13 Å². The molecule has 0 spiro atoms. The molecule has 122 valence electrons. The summed E-state index contributed by atoms with van der Waals surface area (Å²) in [4.78, 5) is 23.4. The number of hydrogen-bond acceptors (Lipinski definition) is 5. The van der Waals surface area contributed by atoms with Crippen molar-refractivity contribution in [2.45, 2.75) is 18.7 Å². The number of alkyl halides is 1. The summed E-state index contributed by atoms with van der Waals surface area (Å²) in [7, 11) is 0. The number of anilines is 1. The van der Waals surface area contributed by atoms with Gasteiger partial charge in [0.05, 0.1) is 10.6 Å². The van der Waals surface area contributed by atoms with Crippen LogP contribution in [0.15, 0.2) is 24.3 Å². The van der Waals surface area contributed by atoms with E-state index in [4.69, 9.17) is 23.2 Å². The minimum Gasteiger partial charge on any atom is -0.352 e. The fourth-order valence-electron chi connectivity index (χ4n) is 1.63. The summed E-state index contributed by atoms with van der Waals surface area (Å²) in [6.45, 7) is 1.96. The van der Waals surface area contributed by atoms with Crippen LogP contribution in [0.3, 0.4) is 0 Å². The molecule has 0 saturated heterocycles. The number of carbonyl (C=O) groups is 2. The second-order valence-electron chi connectivity index (χ2n) is 4.59. The highest BCUT2D eigenvalue weighted by Crippen LogP contribution is 2.17. The Bertz CT molecular complexity index is 706. The van der Waals surface area contributed by atoms with Gasteiger partial charge in [-0.3, -0.25) is 14.9 Å². The van der Waals surface area contributed by atoms with Gasteiger partial charge in [-0.15, -0.1) is 21.8 Å². The molecule has 0 fully saturated rings. The molecule has 0 unspecified atom stereocenters. The normalized spacial score (nSPS) is 11.8. The Morgan fingerprint density at radius 3 is 2.74 bits per heavy atom. The smallest absolute Gasteiger partial charge is 0.252 e. The molecule has 0 aliphatic heterocycles. The third-order valence-electron chi connectivity index (χ3n) is 2.80. The van der Waals surface area contributed by atoms with Crippen LogP contribution in [0.25, 0.3) is 0 Å². The molecule has 1 heterocycles. The summed E-state index contributed by atoms with van der Waals surface area (Å²) in [5, 5.41) is 14.0. The Balaban J connectivity index is 1.83. The van der Waals surface area contributed by atoms with Crippen molar-refractivity contribution in [3.8, 4) is 0 Å². The summed E-state index contributed by atoms with van der Waals surface area (Å²) in [6, 6.07) is 6.83. The van der Waals surface area contributed by atoms with E-state index >= 15 is 0 Å². The number of hydrogen-bond donors (Lipinski definition) is 2. The van der Waals surface area contributed by atoms with Crippen molar-refractivity contribution in [2.75, 3.05) is 11.9 Å². The van der Waals surface area contributed by atoms with Gasteiger partial charge in [0, 0.05) is 13.0 Å². The SMILES string of the molecule is C[C@@H](Cl)C(=O)Nc1nnc(CCNC(=O)c2ccccc2Cl)s1. The van der Waals surface area contributed by atoms with Crippen LogP contribution in [-0.2, 0) is 11.2 Å². The molecule has 2 N–H and O–H groups in total. The standard InChI is InChI=1S/C14H14Cl2N4O2S/c1-8(15)12(21)18-14-20-19-11(23-14)6-7-17-13(22)9-4-2-3-5-10(9)16/h2-5,8H,6-7H2,1H3,(H,17,22)(H,18,20,21)/t8-/m1/s1. The molecular weight excluding hydrogens is 359 g/mol. The highest BCUT2D eigenvalue weighted by atomic mass is 35.5. The zero-order chi connectivity index (χ0) is 16.8. The third kappa shape index (κ3) is 5.16. The van der Waals surface area contributed by atoms with Gasteiger partial charge in [-0.05, 0) is 19.1 Å². The highest BCUT2D eigenvalue weighted by Gasteiger charge is 2.13. The Kier molecular flexibility index (Phi) is 6.32. The molecular formula is C14H14Cl2N4O2S. The quantitative estimate of drug-likeness (QED) is 0.763. The molecule has 0 radical (unpaired) electrons. The van der Waals surface area contributed by atoms with Crippen LogP contribution in [0.1, 0.15) is 22.3 Å². The molecule has 23 heavy (non-hydrogen) atoms. The fourth-order valence-corrected chi connectivity index (χ4v) is 2.65. The number of halogens is 2. The number of benzene rings is 1. The Hall–Kier alpha value is -1.70. The fraction of sp³-hybridized carbons (Fsp3) is 0.286. The molecule has 0 aliphatic carbocycles. The second-order valence-corrected chi connectivity index (χ2v) is 6.72. The first kappa shape index (κ1) is 17.7. The Morgan fingerprint density at radius 1 is 1.30 bits per heavy atom. The predicted octanol–water partition coefficient (Wildman–Crippen LogP) is 2.73. The molecule has 1 aromatic carbocycles. The van der Waals surface area contributed by atoms with Crippen molar-refractivity contribution < 1.29 is 9.59 Å². The van der Waals surface area contributed by atoms with E-state index in [1.807, 2.05) is 0 Å². The van der Waals surface area contributed by atoms with Crippen LogP contribution in [0.2, 0.25) is 5.02 Å². The van der Waals surface area contributed by atoms with Crippen molar-refractivity contribution in [1.82, 2.24) is 15.5 Å². The minimum atomic E-state index is -0.641. The van der Waals surface area contributed by atoms with Gasteiger partial charge in [-0.25, -0.2) is 0 Å². The molecule has 2 aromatic rings. The van der Waals surface area contributed by atoms with Crippen LogP contribution in [0.5, 0.6) is 0 Å². The summed E-state index contributed by atoms with van der Waals surface area (Å²) < 4.78 is 0. The van der Waals surface area contributed by atoms with Crippen molar-refractivity contribution in [1.29, 1.82) is 0 Å². The number of rotatable bonds is 6. The van der Waals surface area contributed by atoms with Crippen LogP contribution in [-0.4, -0.2) is 33.9 Å². The van der Waals surface area contributed by atoms with Crippen LogP contribution >= 0.6 is 34.5 Å². The lowest BCUT2D eigenvalue weighted by molar-refractivity contribution is -0.115. The predicted molar refractivity (Wildman–Crippen MR) is 91.3 cm³/mol. The summed E-state index contributed by atoms with van der Waals surface area (Å²) in [5.41, 5.74) is 0.426. The lowest BCUT2D eigenvalue weighted by Crippen LogP contribution is -2.25. The molecule has 0 bridgehead atoms. The molecule has 2 rings (SSSR count). The highest BCUT2D eigenvalue weighted by molar-refractivity contribution is 7.15. The lowest BCUT2D eigenvalue weighted by atomic mass is 10.2. The number of nitrogens with one attached hydrogen (secondary N) is 2. The maximum atomic E-state index is 12.0. The average molecular weight is 373 g/mol. The van der Waals surface area contributed by atoms with Gasteiger partial charge in [-0.1, -0.05) is 35.1 Å². The molecule has 6 nitrogen and oxygen atoms in total. The lowest BCUT2D eigenvalue weighted by Gasteiger charge is -2.05. The van der Waals surface area contributed by atoms with Crippen molar-refractivity contribution in [3.05, 3.63) is 39.9 Å². The van der Waals surface area contributed by atoms with Crippen molar-refractivity contribution >= 4 is 51.5 Å². The van der Waals surface area contributed by atoms with Gasteiger partial charge in [0.2, 0.25) is 11.0 Å². The van der Waals surface area contributed by atoms with E-state index in [0.717, 1.165) is 0 Å². The molecule has 1 atom stereocenters. The van der Waals surface area contributed by atoms with E-state index in [1.165, 1.54) is 11.3 Å². The van der Waals surface area contributed by atoms with E-state index < -0.39 is 5.38 Å². The minimum absolute atomic E-state index is 0.246. The Morgan fingerprint density at radius 2 is 2.04 bits per heavy atom. The monoisotopic (exact) mass is 372 g/mol. The number of carbonyl (C=O) groups excluding carboxylic acids is 2. The van der Waals surface area contributed by atoms with Gasteiger partial charge in [0.25, 0.3) is 5.91 Å². The van der Waals surface area contributed by atoms with Gasteiger partial charge in [0.1, 0.15) is 10.4 Å². The zero-order valence-corrected chi connectivity index (χ0v) is 14.5. The first-order chi connectivity index (χ1) is 11.0. The summed E-state index contributed by atoms with van der Waals surface area (Å²) >= 11 is 12.9. The van der Waals surface area contributed by atoms with E-state index in [0.29, 0.717) is 33.7 Å². The third-order valence-corrected chi connectivity index (χ3v) is 4.23. The maximum absolute atomic E-state index is 12.0. The number of aromatic nitrogens is 2. The second kappa shape index (κ2) is 8.24. The molecule has 2 amide bonds. The van der Waals surface area contributed by atoms with Crippen LogP contribution < -0.4 is 10.6 Å². The summed E-state index contributed by atoms with van der Waals surface area (Å²) in [5.74, 6) is -0.578. The van der Waals surface area contributed by atoms with E-state index in [9.17, 15) is 9.59 Å². The molecule has 0 aliphatic rings. The molecule has 1 aromatic heterocycles. The van der Waals surface area contributed by atoms with Gasteiger partial charge >= 0.3 is 0 Å². The van der Waals surface area contributed by atoms with Crippen molar-refractivity contribution in [2.24, 2.45) is 0 Å².